The van der Waals surface area contributed by atoms with E-state index < -0.39 is 40.4 Å². The third-order valence-corrected chi connectivity index (χ3v) is 4.98. The van der Waals surface area contributed by atoms with Crippen molar-refractivity contribution in [3.05, 3.63) is 48.0 Å². The zero-order valence-corrected chi connectivity index (χ0v) is 16.7. The van der Waals surface area contributed by atoms with Gasteiger partial charge in [0.05, 0.1) is 5.60 Å². The smallest absolute Gasteiger partial charge is 0.351 e. The van der Waals surface area contributed by atoms with E-state index >= 15 is 0 Å². The summed E-state index contributed by atoms with van der Waals surface area (Å²) in [6, 6.07) is 9.20. The Morgan fingerprint density at radius 3 is 2.50 bits per heavy atom. The molecule has 0 aromatic heterocycles. The van der Waals surface area contributed by atoms with Crippen LogP contribution in [0.4, 0.5) is 0 Å². The maximum atomic E-state index is 13.3. The van der Waals surface area contributed by atoms with Crippen molar-refractivity contribution in [2.75, 3.05) is 0 Å². The predicted octanol–water partition coefficient (Wildman–Crippen LogP) is 3.13. The molecule has 2 fully saturated rings. The highest BCUT2D eigenvalue weighted by Crippen LogP contribution is 2.51. The molecule has 0 saturated carbocycles. The number of rotatable bonds is 4. The fourth-order valence-electron chi connectivity index (χ4n) is 3.82. The molecule has 1 aromatic rings. The third-order valence-electron chi connectivity index (χ3n) is 4.98. The minimum Gasteiger partial charge on any atom is -0.460 e. The molecule has 2 bridgehead atoms. The van der Waals surface area contributed by atoms with Crippen LogP contribution in [0.3, 0.4) is 0 Å². The van der Waals surface area contributed by atoms with Crippen molar-refractivity contribution in [3.8, 4) is 0 Å². The van der Waals surface area contributed by atoms with Crippen LogP contribution in [0.15, 0.2) is 42.5 Å². The van der Waals surface area contributed by atoms with Crippen LogP contribution in [-0.4, -0.2) is 34.5 Å². The van der Waals surface area contributed by atoms with Crippen molar-refractivity contribution in [1.29, 1.82) is 0 Å². The highest BCUT2D eigenvalue weighted by molar-refractivity contribution is 6.18. The number of hydrogen-bond donors (Lipinski definition) is 0. The van der Waals surface area contributed by atoms with Crippen LogP contribution in [0.2, 0.25) is 0 Å². The van der Waals surface area contributed by atoms with Crippen LogP contribution in [0, 0.1) is 5.92 Å². The fraction of sp³-hybridized carbons (Fsp3) is 0.500. The molecule has 6 heteroatoms. The van der Waals surface area contributed by atoms with Crippen molar-refractivity contribution in [1.82, 2.24) is 0 Å². The van der Waals surface area contributed by atoms with E-state index in [0.717, 1.165) is 5.56 Å². The molecule has 1 aromatic carbocycles. The molecule has 2 aliphatic rings. The molecule has 0 aliphatic carbocycles. The number of hydrogen-bond acceptors (Lipinski definition) is 6. The number of Topliss-reactive ketones (excluding diaryl/α,β-unsaturated/α-hetero) is 1. The predicted molar refractivity (Wildman–Crippen MR) is 101 cm³/mol. The van der Waals surface area contributed by atoms with Crippen LogP contribution in [0.25, 0.3) is 0 Å². The number of benzene rings is 1. The lowest BCUT2D eigenvalue weighted by Crippen LogP contribution is -2.59. The van der Waals surface area contributed by atoms with Gasteiger partial charge in [0, 0.05) is 6.42 Å². The van der Waals surface area contributed by atoms with Crippen molar-refractivity contribution < 1.29 is 28.6 Å². The van der Waals surface area contributed by atoms with Crippen LogP contribution in [-0.2, 0) is 35.2 Å². The van der Waals surface area contributed by atoms with Gasteiger partial charge in [0.15, 0.2) is 5.78 Å². The standard InChI is InChI=1S/C22H26O6/c1-14-11-21(5)12-16(18(24)26-13-15-9-7-6-8-10-15)17(23)22(14,28-21)19(25)27-20(2,3)4/h6-10,16H,1,11-13H2,2-5H3/t16-,21-,22+/m1/s1. The third kappa shape index (κ3) is 3.61. The quantitative estimate of drug-likeness (QED) is 0.449. The van der Waals surface area contributed by atoms with E-state index in [0.29, 0.717) is 12.0 Å². The zero-order chi connectivity index (χ0) is 20.7. The summed E-state index contributed by atoms with van der Waals surface area (Å²) in [5.74, 6) is -3.24. The Hall–Kier alpha value is -2.47. The molecule has 6 nitrogen and oxygen atoms in total. The van der Waals surface area contributed by atoms with Gasteiger partial charge in [0.1, 0.15) is 18.1 Å². The van der Waals surface area contributed by atoms with Gasteiger partial charge in [-0.2, -0.15) is 0 Å². The van der Waals surface area contributed by atoms with Gasteiger partial charge in [-0.25, -0.2) is 4.79 Å². The summed E-state index contributed by atoms with van der Waals surface area (Å²) in [4.78, 5) is 38.9. The first kappa shape index (κ1) is 20.3. The van der Waals surface area contributed by atoms with E-state index in [4.69, 9.17) is 14.2 Å². The lowest BCUT2D eigenvalue weighted by molar-refractivity contribution is -0.201. The molecule has 28 heavy (non-hydrogen) atoms. The molecular formula is C22H26O6. The highest BCUT2D eigenvalue weighted by atomic mass is 16.6. The molecule has 0 unspecified atom stereocenters. The summed E-state index contributed by atoms with van der Waals surface area (Å²) in [5, 5.41) is 0. The summed E-state index contributed by atoms with van der Waals surface area (Å²) in [6.45, 7) is 10.9. The Morgan fingerprint density at radius 2 is 1.89 bits per heavy atom. The molecule has 2 saturated heterocycles. The maximum Gasteiger partial charge on any atom is 0.351 e. The largest absolute Gasteiger partial charge is 0.460 e. The van der Waals surface area contributed by atoms with Crippen molar-refractivity contribution >= 4 is 17.7 Å². The SMILES string of the molecule is C=C1C[C@]2(C)C[C@@H](C(=O)OCc3ccccc3)C(=O)[C@@]1(C(=O)OC(C)(C)C)O2. The summed E-state index contributed by atoms with van der Waals surface area (Å²) in [5.41, 5.74) is -2.46. The van der Waals surface area contributed by atoms with Crippen LogP contribution in [0.5, 0.6) is 0 Å². The molecule has 150 valence electrons. The van der Waals surface area contributed by atoms with Crippen molar-refractivity contribution in [2.24, 2.45) is 5.92 Å². The van der Waals surface area contributed by atoms with Crippen LogP contribution in [0.1, 0.15) is 46.1 Å². The van der Waals surface area contributed by atoms with Crippen molar-refractivity contribution in [2.45, 2.75) is 63.9 Å². The molecular weight excluding hydrogens is 360 g/mol. The molecule has 0 spiro atoms. The average Bonchev–Trinajstić information content (AvgIpc) is 2.84. The first-order chi connectivity index (χ1) is 13.0. The molecule has 3 rings (SSSR count). The Kier molecular flexibility index (Phi) is 4.96. The zero-order valence-electron chi connectivity index (χ0n) is 16.7. The second-order valence-corrected chi connectivity index (χ2v) is 8.73. The van der Waals surface area contributed by atoms with Crippen LogP contribution >= 0.6 is 0 Å². The Bertz CT molecular complexity index is 821. The monoisotopic (exact) mass is 386 g/mol. The lowest BCUT2D eigenvalue weighted by Gasteiger charge is -2.39. The van der Waals surface area contributed by atoms with Gasteiger partial charge in [-0.05, 0) is 45.3 Å². The van der Waals surface area contributed by atoms with E-state index in [1.54, 1.807) is 27.7 Å². The molecule has 3 atom stereocenters. The number of carbonyl (C=O) groups excluding carboxylic acids is 3. The average molecular weight is 386 g/mol. The molecule has 0 radical (unpaired) electrons. The number of ketones is 1. The Balaban J connectivity index is 1.84. The molecule has 2 heterocycles. The van der Waals surface area contributed by atoms with Gasteiger partial charge in [-0.1, -0.05) is 36.9 Å². The normalized spacial score (nSPS) is 29.5. The van der Waals surface area contributed by atoms with E-state index in [2.05, 4.69) is 6.58 Å². The van der Waals surface area contributed by atoms with Gasteiger partial charge in [-0.3, -0.25) is 9.59 Å². The van der Waals surface area contributed by atoms with Crippen molar-refractivity contribution in [3.63, 3.8) is 0 Å². The van der Waals surface area contributed by atoms with E-state index in [9.17, 15) is 14.4 Å². The minimum atomic E-state index is -1.95. The molecule has 0 amide bonds. The second kappa shape index (κ2) is 6.85. The number of carbonyl (C=O) groups is 3. The van der Waals surface area contributed by atoms with Crippen LogP contribution < -0.4 is 0 Å². The molecule has 0 N–H and O–H groups in total. The second-order valence-electron chi connectivity index (χ2n) is 8.73. The van der Waals surface area contributed by atoms with E-state index in [1.165, 1.54) is 0 Å². The van der Waals surface area contributed by atoms with Gasteiger partial charge in [0.2, 0.25) is 5.60 Å². The van der Waals surface area contributed by atoms with E-state index in [1.807, 2.05) is 30.3 Å². The summed E-state index contributed by atoms with van der Waals surface area (Å²) < 4.78 is 16.7. The lowest BCUT2D eigenvalue weighted by atomic mass is 9.82. The first-order valence-electron chi connectivity index (χ1n) is 9.34. The Labute approximate surface area is 164 Å². The van der Waals surface area contributed by atoms with Gasteiger partial charge in [0.25, 0.3) is 0 Å². The van der Waals surface area contributed by atoms with Gasteiger partial charge in [-0.15, -0.1) is 0 Å². The number of ether oxygens (including phenoxy) is 3. The Morgan fingerprint density at radius 1 is 1.25 bits per heavy atom. The maximum absolute atomic E-state index is 13.3. The fourth-order valence-corrected chi connectivity index (χ4v) is 3.82. The molecule has 2 aliphatic heterocycles. The summed E-state index contributed by atoms with van der Waals surface area (Å²) in [6.07, 6.45) is 0.448. The highest BCUT2D eigenvalue weighted by Gasteiger charge is 2.67. The summed E-state index contributed by atoms with van der Waals surface area (Å²) >= 11 is 0. The minimum absolute atomic E-state index is 0.0570. The number of fused-ring (bicyclic) bond motifs is 2. The van der Waals surface area contributed by atoms with Gasteiger partial charge < -0.3 is 14.2 Å². The topological polar surface area (TPSA) is 78.9 Å². The first-order valence-corrected chi connectivity index (χ1v) is 9.34. The van der Waals surface area contributed by atoms with E-state index in [-0.39, 0.29) is 13.0 Å². The number of esters is 2. The summed E-state index contributed by atoms with van der Waals surface area (Å²) in [7, 11) is 0. The van der Waals surface area contributed by atoms with Gasteiger partial charge >= 0.3 is 11.9 Å².